The molecule has 5 rings (SSSR count). The molecule has 0 radical (unpaired) electrons. The fourth-order valence-corrected chi connectivity index (χ4v) is 5.14. The predicted octanol–water partition coefficient (Wildman–Crippen LogP) is 4.57. The lowest BCUT2D eigenvalue weighted by molar-refractivity contribution is -0.138. The van der Waals surface area contributed by atoms with Gasteiger partial charge in [0.1, 0.15) is 29.9 Å². The standard InChI is InChI=1S/C30H29F3N6O3/c1-16-5-8-27(30(4,32)33)36-23(16)11-26(41)25-10-21(31)14-38(25)28(42)15-39-24-7-6-19(20-12-34-18(3)35-13-20)9-22(24)29(37-39)17(2)40/h5-9,12-13,21,25H,10-11,14-15H2,1-4H3/t21-,25+/m1/s1. The zero-order valence-corrected chi connectivity index (χ0v) is 23.6. The molecule has 0 bridgehead atoms. The predicted molar refractivity (Wildman–Crippen MR) is 148 cm³/mol. The van der Waals surface area contributed by atoms with Crippen LogP contribution in [0.2, 0.25) is 0 Å². The zero-order chi connectivity index (χ0) is 30.3. The van der Waals surface area contributed by atoms with E-state index in [4.69, 9.17) is 0 Å². The molecule has 1 aliphatic heterocycles. The summed E-state index contributed by atoms with van der Waals surface area (Å²) in [6.07, 6.45) is 1.40. The highest BCUT2D eigenvalue weighted by Gasteiger charge is 2.40. The number of hydrogen-bond donors (Lipinski definition) is 0. The zero-order valence-electron chi connectivity index (χ0n) is 23.6. The van der Waals surface area contributed by atoms with Crippen molar-refractivity contribution in [2.75, 3.05) is 6.54 Å². The molecule has 0 spiro atoms. The third-order valence-electron chi connectivity index (χ3n) is 7.42. The number of likely N-dealkylation sites (tertiary alicyclic amines) is 1. The Balaban J connectivity index is 1.40. The van der Waals surface area contributed by atoms with Crippen LogP contribution >= 0.6 is 0 Å². The monoisotopic (exact) mass is 578 g/mol. The number of rotatable bonds is 8. The lowest BCUT2D eigenvalue weighted by atomic mass is 10.0. The molecule has 0 aliphatic carbocycles. The normalized spacial score (nSPS) is 17.2. The average Bonchev–Trinajstić information content (AvgIpc) is 3.50. The third kappa shape index (κ3) is 5.79. The number of aryl methyl sites for hydroxylation is 2. The number of pyridine rings is 1. The first-order chi connectivity index (χ1) is 19.8. The molecule has 4 heterocycles. The van der Waals surface area contributed by atoms with Crippen molar-refractivity contribution in [1.29, 1.82) is 0 Å². The van der Waals surface area contributed by atoms with Crippen LogP contribution in [0.4, 0.5) is 13.2 Å². The number of carbonyl (C=O) groups excluding carboxylic acids is 3. The van der Waals surface area contributed by atoms with Gasteiger partial charge in [-0.25, -0.2) is 14.4 Å². The van der Waals surface area contributed by atoms with Gasteiger partial charge in [-0.15, -0.1) is 0 Å². The van der Waals surface area contributed by atoms with Crippen molar-refractivity contribution in [3.8, 4) is 11.1 Å². The summed E-state index contributed by atoms with van der Waals surface area (Å²) in [5, 5.41) is 4.91. The maximum absolute atomic E-state index is 14.6. The molecule has 218 valence electrons. The highest BCUT2D eigenvalue weighted by molar-refractivity contribution is 6.06. The number of amides is 1. The van der Waals surface area contributed by atoms with Crippen LogP contribution in [0.25, 0.3) is 22.0 Å². The second-order valence-electron chi connectivity index (χ2n) is 10.7. The van der Waals surface area contributed by atoms with Gasteiger partial charge in [0.15, 0.2) is 11.6 Å². The van der Waals surface area contributed by atoms with Crippen LogP contribution < -0.4 is 0 Å². The third-order valence-corrected chi connectivity index (χ3v) is 7.42. The molecule has 4 aromatic rings. The van der Waals surface area contributed by atoms with Crippen molar-refractivity contribution in [3.63, 3.8) is 0 Å². The number of benzene rings is 1. The second-order valence-corrected chi connectivity index (χ2v) is 10.7. The quantitative estimate of drug-likeness (QED) is 0.282. The van der Waals surface area contributed by atoms with E-state index in [0.29, 0.717) is 22.3 Å². The Hall–Kier alpha value is -4.48. The molecule has 12 heteroatoms. The highest BCUT2D eigenvalue weighted by Crippen LogP contribution is 2.29. The molecule has 1 fully saturated rings. The largest absolute Gasteiger partial charge is 0.328 e. The minimum Gasteiger partial charge on any atom is -0.328 e. The van der Waals surface area contributed by atoms with Gasteiger partial charge < -0.3 is 4.90 Å². The van der Waals surface area contributed by atoms with Crippen molar-refractivity contribution < 1.29 is 27.6 Å². The highest BCUT2D eigenvalue weighted by atomic mass is 19.3. The Morgan fingerprint density at radius 1 is 1.05 bits per heavy atom. The van der Waals surface area contributed by atoms with E-state index in [1.165, 1.54) is 28.6 Å². The number of halogens is 3. The van der Waals surface area contributed by atoms with Gasteiger partial charge in [-0.05, 0) is 43.2 Å². The first-order valence-electron chi connectivity index (χ1n) is 13.4. The Labute approximate surface area is 239 Å². The molecule has 0 saturated carbocycles. The van der Waals surface area contributed by atoms with Crippen molar-refractivity contribution in [2.24, 2.45) is 0 Å². The molecule has 3 aromatic heterocycles. The molecule has 1 amide bonds. The summed E-state index contributed by atoms with van der Waals surface area (Å²) in [4.78, 5) is 52.7. The summed E-state index contributed by atoms with van der Waals surface area (Å²) in [5.41, 5.74) is 2.42. The minimum atomic E-state index is -3.19. The van der Waals surface area contributed by atoms with Crippen molar-refractivity contribution >= 4 is 28.4 Å². The summed E-state index contributed by atoms with van der Waals surface area (Å²) < 4.78 is 43.6. The maximum atomic E-state index is 14.6. The fraction of sp³-hybridized carbons (Fsp3) is 0.367. The number of fused-ring (bicyclic) bond motifs is 1. The smallest absolute Gasteiger partial charge is 0.286 e. The summed E-state index contributed by atoms with van der Waals surface area (Å²) in [5.74, 6) is -3.92. The molecular weight excluding hydrogens is 549 g/mol. The average molecular weight is 579 g/mol. The molecule has 1 aromatic carbocycles. The summed E-state index contributed by atoms with van der Waals surface area (Å²) in [6.45, 7) is 4.89. The molecule has 1 saturated heterocycles. The van der Waals surface area contributed by atoms with E-state index < -0.39 is 35.5 Å². The number of carbonyl (C=O) groups is 3. The number of nitrogens with zero attached hydrogens (tertiary/aromatic N) is 6. The van der Waals surface area contributed by atoms with Crippen LogP contribution in [-0.4, -0.2) is 65.9 Å². The van der Waals surface area contributed by atoms with E-state index in [0.717, 1.165) is 18.1 Å². The van der Waals surface area contributed by atoms with Crippen molar-refractivity contribution in [1.82, 2.24) is 29.6 Å². The lowest BCUT2D eigenvalue weighted by Gasteiger charge is -2.24. The van der Waals surface area contributed by atoms with Crippen molar-refractivity contribution in [3.05, 3.63) is 71.2 Å². The lowest BCUT2D eigenvalue weighted by Crippen LogP contribution is -2.43. The molecule has 9 nitrogen and oxygen atoms in total. The number of ketones is 2. The fourth-order valence-electron chi connectivity index (χ4n) is 5.14. The van der Waals surface area contributed by atoms with Crippen LogP contribution in [0.5, 0.6) is 0 Å². The van der Waals surface area contributed by atoms with E-state index in [-0.39, 0.29) is 43.1 Å². The Morgan fingerprint density at radius 2 is 1.76 bits per heavy atom. The van der Waals surface area contributed by atoms with Gasteiger partial charge in [-0.3, -0.25) is 24.0 Å². The SMILES string of the molecule is CC(=O)c1nn(CC(=O)N2C[C@H](F)C[C@H]2C(=O)Cc2nc(C(C)(F)F)ccc2C)c2ccc(-c3cnc(C)nc3)cc12. The van der Waals surface area contributed by atoms with Crippen LogP contribution in [0.15, 0.2) is 42.7 Å². The molecule has 0 N–H and O–H groups in total. The molecule has 42 heavy (non-hydrogen) atoms. The maximum Gasteiger partial charge on any atom is 0.286 e. The molecule has 0 unspecified atom stereocenters. The Kier molecular flexibility index (Phi) is 7.65. The second kappa shape index (κ2) is 11.1. The van der Waals surface area contributed by atoms with Gasteiger partial charge in [-0.1, -0.05) is 12.1 Å². The van der Waals surface area contributed by atoms with Gasteiger partial charge in [0, 0.05) is 43.6 Å². The summed E-state index contributed by atoms with van der Waals surface area (Å²) in [6, 6.07) is 6.88. The number of alkyl halides is 3. The van der Waals surface area contributed by atoms with Crippen LogP contribution in [0.3, 0.4) is 0 Å². The number of hydrogen-bond acceptors (Lipinski definition) is 7. The molecule has 1 aliphatic rings. The first kappa shape index (κ1) is 29.0. The van der Waals surface area contributed by atoms with Gasteiger partial charge in [0.05, 0.1) is 30.2 Å². The number of Topliss-reactive ketones (excluding diaryl/α,β-unsaturated/α-hetero) is 2. The summed E-state index contributed by atoms with van der Waals surface area (Å²) in [7, 11) is 0. The van der Waals surface area contributed by atoms with Crippen LogP contribution in [0.1, 0.15) is 53.5 Å². The van der Waals surface area contributed by atoms with E-state index in [1.54, 1.807) is 44.4 Å². The van der Waals surface area contributed by atoms with Crippen LogP contribution in [-0.2, 0) is 28.5 Å². The van der Waals surface area contributed by atoms with Gasteiger partial charge in [-0.2, -0.15) is 13.9 Å². The van der Waals surface area contributed by atoms with Crippen molar-refractivity contribution in [2.45, 2.75) is 65.2 Å². The Bertz CT molecular complexity index is 1700. The number of aromatic nitrogens is 5. The minimum absolute atomic E-state index is 0.160. The van der Waals surface area contributed by atoms with E-state index in [1.807, 2.05) is 0 Å². The summed E-state index contributed by atoms with van der Waals surface area (Å²) >= 11 is 0. The van der Waals surface area contributed by atoms with Gasteiger partial charge in [0.25, 0.3) is 5.92 Å². The topological polar surface area (TPSA) is 111 Å². The van der Waals surface area contributed by atoms with Crippen LogP contribution in [0, 0.1) is 13.8 Å². The van der Waals surface area contributed by atoms with Gasteiger partial charge >= 0.3 is 0 Å². The van der Waals surface area contributed by atoms with E-state index in [9.17, 15) is 27.6 Å². The van der Waals surface area contributed by atoms with E-state index in [2.05, 4.69) is 20.1 Å². The first-order valence-corrected chi connectivity index (χ1v) is 13.4. The molecular formula is C30H29F3N6O3. The molecule has 2 atom stereocenters. The van der Waals surface area contributed by atoms with E-state index >= 15 is 0 Å². The Morgan fingerprint density at radius 3 is 2.43 bits per heavy atom. The van der Waals surface area contributed by atoms with Gasteiger partial charge in [0.2, 0.25) is 5.91 Å².